The third kappa shape index (κ3) is 3.08. The molecule has 0 spiro atoms. The molecule has 19 heavy (non-hydrogen) atoms. The first-order valence-electron chi connectivity index (χ1n) is 5.83. The SMILES string of the molecule is Cc1cnc(Cl)c(NC(=O)c2n[nH]c(C(C)C)n2)c1. The van der Waals surface area contributed by atoms with Crippen LogP contribution in [-0.4, -0.2) is 26.1 Å². The number of carbonyl (C=O) groups excluding carboxylic acids is 1. The van der Waals surface area contributed by atoms with Crippen LogP contribution in [0.1, 0.15) is 41.8 Å². The Kier molecular flexibility index (Phi) is 3.80. The third-order valence-corrected chi connectivity index (χ3v) is 2.78. The molecule has 2 heterocycles. The van der Waals surface area contributed by atoms with Crippen molar-refractivity contribution < 1.29 is 4.79 Å². The molecule has 0 saturated carbocycles. The van der Waals surface area contributed by atoms with Crippen molar-refractivity contribution in [1.82, 2.24) is 20.2 Å². The Morgan fingerprint density at radius 3 is 2.84 bits per heavy atom. The van der Waals surface area contributed by atoms with Crippen LogP contribution >= 0.6 is 11.6 Å². The van der Waals surface area contributed by atoms with E-state index in [9.17, 15) is 4.79 Å². The highest BCUT2D eigenvalue weighted by atomic mass is 35.5. The number of amides is 1. The van der Waals surface area contributed by atoms with E-state index >= 15 is 0 Å². The molecule has 100 valence electrons. The quantitative estimate of drug-likeness (QED) is 0.846. The Morgan fingerprint density at radius 1 is 1.47 bits per heavy atom. The van der Waals surface area contributed by atoms with Gasteiger partial charge in [0.25, 0.3) is 5.91 Å². The predicted molar refractivity (Wildman–Crippen MR) is 72.4 cm³/mol. The van der Waals surface area contributed by atoms with Crippen molar-refractivity contribution in [2.45, 2.75) is 26.7 Å². The Morgan fingerprint density at radius 2 is 2.21 bits per heavy atom. The fraction of sp³-hybridized carbons (Fsp3) is 0.333. The summed E-state index contributed by atoms with van der Waals surface area (Å²) >= 11 is 5.91. The van der Waals surface area contributed by atoms with Gasteiger partial charge in [-0.1, -0.05) is 25.4 Å². The second-order valence-electron chi connectivity index (χ2n) is 4.50. The first-order chi connectivity index (χ1) is 8.97. The summed E-state index contributed by atoms with van der Waals surface area (Å²) in [6.07, 6.45) is 1.63. The summed E-state index contributed by atoms with van der Waals surface area (Å²) in [5.41, 5.74) is 1.35. The smallest absolute Gasteiger partial charge is 0.295 e. The molecular formula is C12H14ClN5O. The number of hydrogen-bond acceptors (Lipinski definition) is 4. The van der Waals surface area contributed by atoms with Crippen molar-refractivity contribution in [2.75, 3.05) is 5.32 Å². The molecule has 2 aromatic rings. The zero-order valence-electron chi connectivity index (χ0n) is 10.9. The number of aromatic amines is 1. The van der Waals surface area contributed by atoms with Crippen LogP contribution in [0.5, 0.6) is 0 Å². The van der Waals surface area contributed by atoms with E-state index in [-0.39, 0.29) is 16.9 Å². The van der Waals surface area contributed by atoms with Gasteiger partial charge in [0.15, 0.2) is 5.15 Å². The van der Waals surface area contributed by atoms with Gasteiger partial charge in [-0.05, 0) is 18.6 Å². The van der Waals surface area contributed by atoms with Gasteiger partial charge in [-0.2, -0.15) is 0 Å². The van der Waals surface area contributed by atoms with Crippen molar-refractivity contribution in [3.05, 3.63) is 34.6 Å². The lowest BCUT2D eigenvalue weighted by atomic mass is 10.2. The van der Waals surface area contributed by atoms with Gasteiger partial charge >= 0.3 is 0 Å². The normalized spacial score (nSPS) is 10.8. The molecular weight excluding hydrogens is 266 g/mol. The summed E-state index contributed by atoms with van der Waals surface area (Å²) in [4.78, 5) is 20.0. The topological polar surface area (TPSA) is 83.6 Å². The zero-order valence-corrected chi connectivity index (χ0v) is 11.6. The summed E-state index contributed by atoms with van der Waals surface area (Å²) in [7, 11) is 0. The maximum Gasteiger partial charge on any atom is 0.295 e. The molecule has 2 N–H and O–H groups in total. The fourth-order valence-electron chi connectivity index (χ4n) is 1.45. The molecule has 0 aliphatic carbocycles. The number of hydrogen-bond donors (Lipinski definition) is 2. The highest BCUT2D eigenvalue weighted by Gasteiger charge is 2.15. The molecule has 2 aromatic heterocycles. The number of nitrogens with zero attached hydrogens (tertiary/aromatic N) is 3. The van der Waals surface area contributed by atoms with Crippen molar-refractivity contribution in [3.8, 4) is 0 Å². The molecule has 6 nitrogen and oxygen atoms in total. The number of carbonyl (C=O) groups is 1. The highest BCUT2D eigenvalue weighted by molar-refractivity contribution is 6.32. The van der Waals surface area contributed by atoms with Crippen LogP contribution in [0.2, 0.25) is 5.15 Å². The number of aromatic nitrogens is 4. The first-order valence-corrected chi connectivity index (χ1v) is 6.21. The Hall–Kier alpha value is -1.95. The van der Waals surface area contributed by atoms with Crippen LogP contribution in [0.25, 0.3) is 0 Å². The number of halogens is 1. The van der Waals surface area contributed by atoms with E-state index in [0.717, 1.165) is 5.56 Å². The number of anilines is 1. The third-order valence-electron chi connectivity index (χ3n) is 2.48. The van der Waals surface area contributed by atoms with Gasteiger partial charge in [-0.25, -0.2) is 9.97 Å². The molecule has 2 rings (SSSR count). The largest absolute Gasteiger partial charge is 0.317 e. The van der Waals surface area contributed by atoms with Crippen LogP contribution in [0.4, 0.5) is 5.69 Å². The molecule has 0 aliphatic heterocycles. The van der Waals surface area contributed by atoms with E-state index in [1.165, 1.54) is 0 Å². The van der Waals surface area contributed by atoms with E-state index in [2.05, 4.69) is 25.5 Å². The minimum absolute atomic E-state index is 0.0845. The Labute approximate surface area is 115 Å². The van der Waals surface area contributed by atoms with E-state index < -0.39 is 5.91 Å². The summed E-state index contributed by atoms with van der Waals surface area (Å²) in [6, 6.07) is 1.74. The van der Waals surface area contributed by atoms with Crippen LogP contribution in [0.3, 0.4) is 0 Å². The van der Waals surface area contributed by atoms with Crippen molar-refractivity contribution >= 4 is 23.2 Å². The summed E-state index contributed by atoms with van der Waals surface area (Å²) in [5.74, 6) is 0.510. The standard InChI is InChI=1S/C12H14ClN5O/c1-6(2)10-16-11(18-17-10)12(19)15-8-4-7(3)5-14-9(8)13/h4-6H,1-3H3,(H,15,19)(H,16,17,18). The fourth-order valence-corrected chi connectivity index (χ4v) is 1.60. The molecule has 0 aliphatic rings. The second-order valence-corrected chi connectivity index (χ2v) is 4.86. The molecule has 7 heteroatoms. The number of aryl methyl sites for hydroxylation is 1. The summed E-state index contributed by atoms with van der Waals surface area (Å²) < 4.78 is 0. The lowest BCUT2D eigenvalue weighted by molar-refractivity contribution is 0.101. The lowest BCUT2D eigenvalue weighted by Crippen LogP contribution is -2.14. The highest BCUT2D eigenvalue weighted by Crippen LogP contribution is 2.20. The minimum Gasteiger partial charge on any atom is -0.317 e. The molecule has 0 fully saturated rings. The van der Waals surface area contributed by atoms with Gasteiger partial charge in [0.05, 0.1) is 5.69 Å². The number of pyridine rings is 1. The first kappa shape index (κ1) is 13.5. The lowest BCUT2D eigenvalue weighted by Gasteiger charge is -2.05. The molecule has 1 amide bonds. The molecule has 0 radical (unpaired) electrons. The van der Waals surface area contributed by atoms with Crippen LogP contribution in [0, 0.1) is 6.92 Å². The monoisotopic (exact) mass is 279 g/mol. The predicted octanol–water partition coefficient (Wildman–Crippen LogP) is 2.54. The maximum absolute atomic E-state index is 12.0. The van der Waals surface area contributed by atoms with E-state index in [0.29, 0.717) is 11.5 Å². The number of nitrogens with one attached hydrogen (secondary N) is 2. The average molecular weight is 280 g/mol. The Balaban J connectivity index is 2.18. The second kappa shape index (κ2) is 5.36. The van der Waals surface area contributed by atoms with Crippen molar-refractivity contribution in [2.24, 2.45) is 0 Å². The zero-order chi connectivity index (χ0) is 14.0. The minimum atomic E-state index is -0.419. The molecule has 0 bridgehead atoms. The van der Waals surface area contributed by atoms with Crippen molar-refractivity contribution in [3.63, 3.8) is 0 Å². The van der Waals surface area contributed by atoms with Gasteiger partial charge in [-0.3, -0.25) is 9.89 Å². The summed E-state index contributed by atoms with van der Waals surface area (Å²) in [6.45, 7) is 5.79. The van der Waals surface area contributed by atoms with Crippen LogP contribution < -0.4 is 5.32 Å². The average Bonchev–Trinajstić information content (AvgIpc) is 2.83. The Bertz CT molecular complexity index is 608. The van der Waals surface area contributed by atoms with E-state index in [1.807, 2.05) is 20.8 Å². The summed E-state index contributed by atoms with van der Waals surface area (Å²) in [5, 5.41) is 9.48. The van der Waals surface area contributed by atoms with Crippen molar-refractivity contribution in [1.29, 1.82) is 0 Å². The van der Waals surface area contributed by atoms with Gasteiger partial charge < -0.3 is 5.32 Å². The molecule has 0 unspecified atom stereocenters. The van der Waals surface area contributed by atoms with Crippen LogP contribution in [-0.2, 0) is 0 Å². The number of H-pyrrole nitrogens is 1. The van der Waals surface area contributed by atoms with E-state index in [4.69, 9.17) is 11.6 Å². The molecule has 0 aromatic carbocycles. The van der Waals surface area contributed by atoms with Gasteiger partial charge in [0.2, 0.25) is 5.82 Å². The maximum atomic E-state index is 12.0. The van der Waals surface area contributed by atoms with Gasteiger partial charge in [-0.15, -0.1) is 5.10 Å². The number of rotatable bonds is 3. The van der Waals surface area contributed by atoms with E-state index in [1.54, 1.807) is 12.3 Å². The molecule has 0 atom stereocenters. The molecule has 0 saturated heterocycles. The van der Waals surface area contributed by atoms with Gasteiger partial charge in [0.1, 0.15) is 5.82 Å². The van der Waals surface area contributed by atoms with Gasteiger partial charge in [0, 0.05) is 12.1 Å². The van der Waals surface area contributed by atoms with Crippen LogP contribution in [0.15, 0.2) is 12.3 Å².